The third-order valence-corrected chi connectivity index (χ3v) is 4.36. The molecule has 0 bridgehead atoms. The number of para-hydroxylation sites is 1. The molecule has 1 aliphatic rings. The van der Waals surface area contributed by atoms with E-state index in [1.807, 2.05) is 12.1 Å². The van der Waals surface area contributed by atoms with Gasteiger partial charge in [0.1, 0.15) is 5.75 Å². The van der Waals surface area contributed by atoms with Crippen molar-refractivity contribution in [1.29, 1.82) is 0 Å². The highest BCUT2D eigenvalue weighted by atomic mass is 35.5. The molecular formula is C16H23ClO2. The fourth-order valence-corrected chi connectivity index (χ4v) is 3.07. The van der Waals surface area contributed by atoms with Crippen molar-refractivity contribution in [2.24, 2.45) is 11.8 Å². The van der Waals surface area contributed by atoms with Gasteiger partial charge in [0.05, 0.1) is 7.11 Å². The van der Waals surface area contributed by atoms with Crippen LogP contribution in [0.25, 0.3) is 0 Å². The Hall–Kier alpha value is -0.730. The van der Waals surface area contributed by atoms with Crippen molar-refractivity contribution < 1.29 is 9.47 Å². The minimum absolute atomic E-state index is 0.529. The zero-order valence-electron chi connectivity index (χ0n) is 11.6. The minimum atomic E-state index is 0.529. The zero-order valence-corrected chi connectivity index (χ0v) is 12.4. The highest BCUT2D eigenvalue weighted by Gasteiger charge is 2.20. The largest absolute Gasteiger partial charge is 0.496 e. The van der Waals surface area contributed by atoms with Crippen molar-refractivity contribution in [3.8, 4) is 5.75 Å². The molecule has 1 aliphatic heterocycles. The topological polar surface area (TPSA) is 18.5 Å². The van der Waals surface area contributed by atoms with Crippen LogP contribution in [0.15, 0.2) is 24.3 Å². The van der Waals surface area contributed by atoms with Crippen molar-refractivity contribution in [3.63, 3.8) is 0 Å². The summed E-state index contributed by atoms with van der Waals surface area (Å²) in [7, 11) is 1.73. The van der Waals surface area contributed by atoms with E-state index in [0.717, 1.165) is 37.2 Å². The molecule has 0 N–H and O–H groups in total. The van der Waals surface area contributed by atoms with Crippen LogP contribution in [0.5, 0.6) is 5.75 Å². The Morgan fingerprint density at radius 3 is 2.74 bits per heavy atom. The Morgan fingerprint density at radius 2 is 2.05 bits per heavy atom. The lowest BCUT2D eigenvalue weighted by molar-refractivity contribution is 0.0595. The number of methoxy groups -OCH3 is 1. The van der Waals surface area contributed by atoms with Gasteiger partial charge in [-0.1, -0.05) is 18.2 Å². The first kappa shape index (κ1) is 14.7. The van der Waals surface area contributed by atoms with Crippen LogP contribution in [0.4, 0.5) is 0 Å². The summed E-state index contributed by atoms with van der Waals surface area (Å²) in [4.78, 5) is 0. The summed E-state index contributed by atoms with van der Waals surface area (Å²) in [5.41, 5.74) is 1.27. The third-order valence-electron chi connectivity index (χ3n) is 3.93. The molecule has 3 heteroatoms. The molecule has 1 aromatic carbocycles. The molecule has 1 atom stereocenters. The van der Waals surface area contributed by atoms with Crippen LogP contribution in [0.2, 0.25) is 0 Å². The van der Waals surface area contributed by atoms with E-state index in [-0.39, 0.29) is 0 Å². The Balaban J connectivity index is 1.94. The van der Waals surface area contributed by atoms with Crippen molar-refractivity contribution in [2.75, 3.05) is 26.2 Å². The second kappa shape index (κ2) is 7.76. The first-order chi connectivity index (χ1) is 9.33. The lowest BCUT2D eigenvalue weighted by Gasteiger charge is -2.26. The fraction of sp³-hybridized carbons (Fsp3) is 0.625. The molecule has 0 aliphatic carbocycles. The number of alkyl halides is 1. The van der Waals surface area contributed by atoms with E-state index in [1.165, 1.54) is 24.8 Å². The molecule has 2 nitrogen and oxygen atoms in total. The molecular weight excluding hydrogens is 260 g/mol. The molecule has 1 saturated heterocycles. The molecule has 0 radical (unpaired) electrons. The minimum Gasteiger partial charge on any atom is -0.496 e. The first-order valence-electron chi connectivity index (χ1n) is 7.09. The van der Waals surface area contributed by atoms with Crippen LogP contribution in [0.1, 0.15) is 24.8 Å². The van der Waals surface area contributed by atoms with Gasteiger partial charge < -0.3 is 9.47 Å². The van der Waals surface area contributed by atoms with E-state index in [0.29, 0.717) is 5.92 Å². The quantitative estimate of drug-likeness (QED) is 0.737. The first-order valence-corrected chi connectivity index (χ1v) is 7.62. The number of hydrogen-bond acceptors (Lipinski definition) is 2. The Morgan fingerprint density at radius 1 is 1.32 bits per heavy atom. The number of halogens is 1. The predicted octanol–water partition coefficient (Wildman–Crippen LogP) is 3.91. The fourth-order valence-electron chi connectivity index (χ4n) is 2.84. The van der Waals surface area contributed by atoms with E-state index in [9.17, 15) is 0 Å². The summed E-state index contributed by atoms with van der Waals surface area (Å²) in [6.45, 7) is 1.82. The van der Waals surface area contributed by atoms with E-state index < -0.39 is 0 Å². The lowest BCUT2D eigenvalue weighted by Crippen LogP contribution is -2.20. The molecule has 1 heterocycles. The number of benzene rings is 1. The van der Waals surface area contributed by atoms with Gasteiger partial charge in [0.15, 0.2) is 0 Å². The lowest BCUT2D eigenvalue weighted by atomic mass is 9.86. The monoisotopic (exact) mass is 282 g/mol. The molecule has 0 amide bonds. The van der Waals surface area contributed by atoms with Gasteiger partial charge in [-0.3, -0.25) is 0 Å². The van der Waals surface area contributed by atoms with Crippen molar-refractivity contribution in [2.45, 2.75) is 25.7 Å². The molecule has 0 spiro atoms. The van der Waals surface area contributed by atoms with Gasteiger partial charge in [-0.25, -0.2) is 0 Å². The van der Waals surface area contributed by atoms with Gasteiger partial charge in [0, 0.05) is 19.1 Å². The van der Waals surface area contributed by atoms with Gasteiger partial charge in [-0.15, -0.1) is 11.6 Å². The second-order valence-corrected chi connectivity index (χ2v) is 5.64. The maximum Gasteiger partial charge on any atom is 0.122 e. The van der Waals surface area contributed by atoms with Crippen molar-refractivity contribution in [3.05, 3.63) is 29.8 Å². The maximum atomic E-state index is 6.16. The van der Waals surface area contributed by atoms with Crippen molar-refractivity contribution in [1.82, 2.24) is 0 Å². The molecule has 1 unspecified atom stereocenters. The molecule has 1 fully saturated rings. The summed E-state index contributed by atoms with van der Waals surface area (Å²) in [6.07, 6.45) is 4.56. The van der Waals surface area contributed by atoms with Crippen LogP contribution in [0, 0.1) is 11.8 Å². The summed E-state index contributed by atoms with van der Waals surface area (Å²) >= 11 is 6.16. The van der Waals surface area contributed by atoms with Gasteiger partial charge in [0.2, 0.25) is 0 Å². The number of hydrogen-bond donors (Lipinski definition) is 0. The highest BCUT2D eigenvalue weighted by Crippen LogP contribution is 2.28. The molecule has 106 valence electrons. The van der Waals surface area contributed by atoms with E-state index in [2.05, 4.69) is 12.1 Å². The standard InChI is InChI=1S/C16H23ClO2/c1-18-16-5-3-2-4-15(16)11-14(12-17)10-13-6-8-19-9-7-13/h2-5,13-14H,6-12H2,1H3. The van der Waals surface area contributed by atoms with Crippen LogP contribution < -0.4 is 4.74 Å². The van der Waals surface area contributed by atoms with Crippen LogP contribution in [0.3, 0.4) is 0 Å². The van der Waals surface area contributed by atoms with E-state index in [1.54, 1.807) is 7.11 Å². The second-order valence-electron chi connectivity index (χ2n) is 5.33. The average Bonchev–Trinajstić information content (AvgIpc) is 2.48. The van der Waals surface area contributed by atoms with Crippen LogP contribution in [-0.4, -0.2) is 26.2 Å². The van der Waals surface area contributed by atoms with Crippen LogP contribution >= 0.6 is 11.6 Å². The maximum absolute atomic E-state index is 6.16. The third kappa shape index (κ3) is 4.39. The highest BCUT2D eigenvalue weighted by molar-refractivity contribution is 6.18. The summed E-state index contributed by atoms with van der Waals surface area (Å²) in [6, 6.07) is 8.24. The van der Waals surface area contributed by atoms with E-state index >= 15 is 0 Å². The summed E-state index contributed by atoms with van der Waals surface area (Å²) in [5, 5.41) is 0. The Labute approximate surface area is 121 Å². The van der Waals surface area contributed by atoms with Gasteiger partial charge in [0.25, 0.3) is 0 Å². The van der Waals surface area contributed by atoms with Crippen LogP contribution in [-0.2, 0) is 11.2 Å². The summed E-state index contributed by atoms with van der Waals surface area (Å²) in [5.74, 6) is 2.99. The zero-order chi connectivity index (χ0) is 13.5. The molecule has 0 aromatic heterocycles. The molecule has 0 saturated carbocycles. The number of ether oxygens (including phenoxy) is 2. The average molecular weight is 283 g/mol. The molecule has 1 aromatic rings. The number of rotatable bonds is 6. The smallest absolute Gasteiger partial charge is 0.122 e. The Kier molecular flexibility index (Phi) is 5.99. The van der Waals surface area contributed by atoms with Gasteiger partial charge in [-0.05, 0) is 49.1 Å². The molecule has 2 rings (SSSR count). The SMILES string of the molecule is COc1ccccc1CC(CCl)CC1CCOCC1. The Bertz CT molecular complexity index is 375. The predicted molar refractivity (Wildman–Crippen MR) is 79.1 cm³/mol. The molecule has 19 heavy (non-hydrogen) atoms. The normalized spacial score (nSPS) is 18.2. The van der Waals surface area contributed by atoms with Crippen molar-refractivity contribution >= 4 is 11.6 Å². The van der Waals surface area contributed by atoms with Gasteiger partial charge >= 0.3 is 0 Å². The summed E-state index contributed by atoms with van der Waals surface area (Å²) < 4.78 is 10.8. The van der Waals surface area contributed by atoms with E-state index in [4.69, 9.17) is 21.1 Å². The van der Waals surface area contributed by atoms with Gasteiger partial charge in [-0.2, -0.15) is 0 Å².